The van der Waals surface area contributed by atoms with Crippen LogP contribution in [0.15, 0.2) is 53.5 Å². The third-order valence-corrected chi connectivity index (χ3v) is 6.40. The number of pyridine rings is 1. The van der Waals surface area contributed by atoms with Crippen LogP contribution in [0.3, 0.4) is 0 Å². The molecule has 144 valence electrons. The summed E-state index contributed by atoms with van der Waals surface area (Å²) in [6.45, 7) is 0. The van der Waals surface area contributed by atoms with Gasteiger partial charge >= 0.3 is 0 Å². The van der Waals surface area contributed by atoms with Crippen molar-refractivity contribution in [2.75, 3.05) is 0 Å². The van der Waals surface area contributed by atoms with Crippen molar-refractivity contribution in [1.29, 1.82) is 0 Å². The van der Waals surface area contributed by atoms with E-state index in [4.69, 9.17) is 4.98 Å². The van der Waals surface area contributed by atoms with Crippen LogP contribution in [0.4, 0.5) is 0 Å². The Labute approximate surface area is 165 Å². The second-order valence-corrected chi connectivity index (χ2v) is 7.95. The van der Waals surface area contributed by atoms with Crippen molar-refractivity contribution in [3.05, 3.63) is 76.1 Å². The van der Waals surface area contributed by atoms with Gasteiger partial charge in [0.25, 0.3) is 11.5 Å². The van der Waals surface area contributed by atoms with Gasteiger partial charge in [-0.2, -0.15) is 5.10 Å². The highest BCUT2D eigenvalue weighted by molar-refractivity contribution is 5.96. The normalized spacial score (nSPS) is 23.6. The largest absolute Gasteiger partial charge is 0.347 e. The average Bonchev–Trinajstić information content (AvgIpc) is 3.15. The monoisotopic (exact) mass is 385 g/mol. The molecule has 1 amide bonds. The Morgan fingerprint density at radius 1 is 0.966 bits per heavy atom. The number of hydrogen-bond donors (Lipinski definition) is 2. The molecule has 1 aromatic carbocycles. The maximum Gasteiger partial charge on any atom is 0.272 e. The highest BCUT2D eigenvalue weighted by Crippen LogP contribution is 2.44. The van der Waals surface area contributed by atoms with E-state index >= 15 is 0 Å². The van der Waals surface area contributed by atoms with E-state index in [1.165, 1.54) is 0 Å². The molecule has 6 rings (SSSR count). The molecule has 7 heteroatoms. The van der Waals surface area contributed by atoms with Crippen LogP contribution in [0.5, 0.6) is 0 Å². The van der Waals surface area contributed by atoms with Crippen LogP contribution in [0, 0.1) is 0 Å². The topological polar surface area (TPSA) is 92.1 Å². The van der Waals surface area contributed by atoms with Gasteiger partial charge in [-0.3, -0.25) is 14.0 Å². The molecule has 0 bridgehead atoms. The van der Waals surface area contributed by atoms with E-state index in [-0.39, 0.29) is 29.3 Å². The standard InChI is InChI=1S/C22H19N5O2/c28-21-14-6-2-1-5-13(14)18(25-26-21)12-8-9-16-15(11-12)19-20(22(29)23-16)27-10-4-3-7-17(27)24-19/h1-7,10,12,15-16H,8-9,11H2,(H,23,29)(H,26,28)/t12-,15-,16-/m0/s1. The number of amides is 1. The zero-order valence-electron chi connectivity index (χ0n) is 15.6. The van der Waals surface area contributed by atoms with Gasteiger partial charge in [0.2, 0.25) is 0 Å². The summed E-state index contributed by atoms with van der Waals surface area (Å²) in [7, 11) is 0. The first-order valence-corrected chi connectivity index (χ1v) is 9.96. The van der Waals surface area contributed by atoms with Crippen molar-refractivity contribution in [2.24, 2.45) is 0 Å². The highest BCUT2D eigenvalue weighted by Gasteiger charge is 2.42. The van der Waals surface area contributed by atoms with Gasteiger partial charge in [-0.05, 0) is 37.5 Å². The third-order valence-electron chi connectivity index (χ3n) is 6.40. The molecule has 29 heavy (non-hydrogen) atoms. The Bertz CT molecular complexity index is 1340. The van der Waals surface area contributed by atoms with Crippen LogP contribution >= 0.6 is 0 Å². The molecule has 3 atom stereocenters. The second-order valence-electron chi connectivity index (χ2n) is 7.95. The van der Waals surface area contributed by atoms with Gasteiger partial charge < -0.3 is 5.32 Å². The molecule has 0 saturated heterocycles. The predicted octanol–water partition coefficient (Wildman–Crippen LogP) is 2.73. The van der Waals surface area contributed by atoms with Gasteiger partial charge in [-0.1, -0.05) is 24.3 Å². The molecule has 0 spiro atoms. The Balaban J connectivity index is 1.46. The number of carbonyl (C=O) groups excluding carboxylic acids is 1. The smallest absolute Gasteiger partial charge is 0.272 e. The van der Waals surface area contributed by atoms with Crippen molar-refractivity contribution in [3.8, 4) is 0 Å². The molecule has 4 heterocycles. The summed E-state index contributed by atoms with van der Waals surface area (Å²) >= 11 is 0. The number of aromatic nitrogens is 4. The molecule has 2 aliphatic rings. The Morgan fingerprint density at radius 3 is 2.69 bits per heavy atom. The minimum absolute atomic E-state index is 0.0500. The first-order valence-electron chi connectivity index (χ1n) is 9.96. The first-order chi connectivity index (χ1) is 14.2. The molecule has 1 aliphatic heterocycles. The van der Waals surface area contributed by atoms with Gasteiger partial charge in [0, 0.05) is 29.5 Å². The molecule has 1 saturated carbocycles. The minimum Gasteiger partial charge on any atom is -0.347 e. The van der Waals surface area contributed by atoms with Gasteiger partial charge in [-0.25, -0.2) is 10.1 Å². The summed E-state index contributed by atoms with van der Waals surface area (Å²) in [5.74, 6) is 0.283. The van der Waals surface area contributed by atoms with Crippen LogP contribution in [-0.2, 0) is 0 Å². The lowest BCUT2D eigenvalue weighted by Crippen LogP contribution is -2.47. The van der Waals surface area contributed by atoms with Crippen molar-refractivity contribution in [1.82, 2.24) is 24.9 Å². The van der Waals surface area contributed by atoms with Crippen molar-refractivity contribution in [2.45, 2.75) is 37.1 Å². The maximum atomic E-state index is 12.8. The van der Waals surface area contributed by atoms with E-state index in [0.29, 0.717) is 11.1 Å². The van der Waals surface area contributed by atoms with E-state index in [1.54, 1.807) is 0 Å². The van der Waals surface area contributed by atoms with E-state index < -0.39 is 0 Å². The van der Waals surface area contributed by atoms with Gasteiger partial charge in [0.1, 0.15) is 11.3 Å². The summed E-state index contributed by atoms with van der Waals surface area (Å²) < 4.78 is 1.87. The van der Waals surface area contributed by atoms with Crippen LogP contribution in [0.1, 0.15) is 53.0 Å². The molecule has 7 nitrogen and oxygen atoms in total. The number of hydrogen-bond acceptors (Lipinski definition) is 4. The van der Waals surface area contributed by atoms with Crippen LogP contribution in [0.2, 0.25) is 0 Å². The number of imidazole rings is 1. The summed E-state index contributed by atoms with van der Waals surface area (Å²) in [5.41, 5.74) is 3.08. The van der Waals surface area contributed by atoms with Gasteiger partial charge in [0.05, 0.1) is 16.8 Å². The fraction of sp³-hybridized carbons (Fsp3) is 0.273. The van der Waals surface area contributed by atoms with E-state index in [1.807, 2.05) is 53.1 Å². The lowest BCUT2D eigenvalue weighted by Gasteiger charge is -2.38. The van der Waals surface area contributed by atoms with Gasteiger partial charge in [0.15, 0.2) is 0 Å². The summed E-state index contributed by atoms with van der Waals surface area (Å²) in [5, 5.41) is 11.9. The molecular formula is C22H19N5O2. The number of aromatic amines is 1. The molecule has 0 radical (unpaired) electrons. The Hall–Kier alpha value is -3.48. The first kappa shape index (κ1) is 16.5. The fourth-order valence-electron chi connectivity index (χ4n) is 5.08. The molecule has 1 fully saturated rings. The van der Waals surface area contributed by atoms with E-state index in [2.05, 4.69) is 15.5 Å². The Kier molecular flexibility index (Phi) is 3.41. The van der Waals surface area contributed by atoms with Crippen LogP contribution in [-0.4, -0.2) is 31.5 Å². The minimum atomic E-state index is -0.161. The number of carbonyl (C=O) groups is 1. The molecule has 0 unspecified atom stereocenters. The zero-order valence-corrected chi connectivity index (χ0v) is 15.6. The predicted molar refractivity (Wildman–Crippen MR) is 108 cm³/mol. The fourth-order valence-corrected chi connectivity index (χ4v) is 5.08. The summed E-state index contributed by atoms with van der Waals surface area (Å²) in [4.78, 5) is 29.7. The zero-order chi connectivity index (χ0) is 19.5. The third kappa shape index (κ3) is 2.36. The van der Waals surface area contributed by atoms with Crippen molar-refractivity contribution in [3.63, 3.8) is 0 Å². The SMILES string of the molecule is O=C1N[C@H]2CC[C@H](c3n[nH]c(=O)c4ccccc34)C[C@@H]2c2nc3ccccn3c21. The van der Waals surface area contributed by atoms with E-state index in [9.17, 15) is 9.59 Å². The molecule has 4 aromatic rings. The second kappa shape index (κ2) is 6.01. The number of fused-ring (bicyclic) bond motifs is 6. The lowest BCUT2D eigenvalue weighted by atomic mass is 9.73. The summed E-state index contributed by atoms with van der Waals surface area (Å²) in [6, 6.07) is 13.5. The van der Waals surface area contributed by atoms with Crippen LogP contribution < -0.4 is 10.9 Å². The average molecular weight is 385 g/mol. The number of benzene rings is 1. The quantitative estimate of drug-likeness (QED) is 0.527. The lowest BCUT2D eigenvalue weighted by molar-refractivity contribution is 0.0889. The summed E-state index contributed by atoms with van der Waals surface area (Å²) in [6.07, 6.45) is 4.50. The number of rotatable bonds is 1. The van der Waals surface area contributed by atoms with Crippen molar-refractivity contribution >= 4 is 22.3 Å². The number of nitrogens with one attached hydrogen (secondary N) is 2. The molecule has 2 N–H and O–H groups in total. The molecule has 1 aliphatic carbocycles. The van der Waals surface area contributed by atoms with E-state index in [0.717, 1.165) is 41.7 Å². The Morgan fingerprint density at radius 2 is 1.79 bits per heavy atom. The highest BCUT2D eigenvalue weighted by atomic mass is 16.2. The number of nitrogens with zero attached hydrogens (tertiary/aromatic N) is 3. The van der Waals surface area contributed by atoms with Crippen molar-refractivity contribution < 1.29 is 4.79 Å². The molecular weight excluding hydrogens is 366 g/mol. The van der Waals surface area contributed by atoms with Gasteiger partial charge in [-0.15, -0.1) is 0 Å². The van der Waals surface area contributed by atoms with Crippen LogP contribution in [0.25, 0.3) is 16.4 Å². The molecule has 3 aromatic heterocycles. The maximum absolute atomic E-state index is 12.8. The number of H-pyrrole nitrogens is 1.